The maximum absolute atomic E-state index is 12.9. The van der Waals surface area contributed by atoms with Gasteiger partial charge in [0, 0.05) is 33.1 Å². The third-order valence-electron chi connectivity index (χ3n) is 4.95. The van der Waals surface area contributed by atoms with Crippen LogP contribution in [0.15, 0.2) is 29.2 Å². The fraction of sp³-hybridized carbons (Fsp3) is 0.450. The number of carbonyl (C=O) groups is 1. The van der Waals surface area contributed by atoms with Crippen molar-refractivity contribution in [2.75, 3.05) is 38.4 Å². The van der Waals surface area contributed by atoms with Crippen molar-refractivity contribution in [1.82, 2.24) is 4.31 Å². The predicted molar refractivity (Wildman–Crippen MR) is 115 cm³/mol. The van der Waals surface area contributed by atoms with Crippen molar-refractivity contribution in [1.29, 1.82) is 0 Å². The minimum atomic E-state index is -3.58. The number of nitrogens with one attached hydrogen (secondary N) is 1. The van der Waals surface area contributed by atoms with E-state index in [1.807, 2.05) is 25.1 Å². The van der Waals surface area contributed by atoms with Crippen LogP contribution in [0.5, 0.6) is 0 Å². The summed E-state index contributed by atoms with van der Waals surface area (Å²) in [5, 5.41) is 2.93. The fourth-order valence-corrected chi connectivity index (χ4v) is 5.42. The van der Waals surface area contributed by atoms with E-state index in [-0.39, 0.29) is 10.8 Å². The van der Waals surface area contributed by atoms with Gasteiger partial charge in [0.2, 0.25) is 10.0 Å². The molecule has 28 heavy (non-hydrogen) atoms. The van der Waals surface area contributed by atoms with E-state index in [1.54, 1.807) is 23.5 Å². The SMILES string of the molecule is CN(C)c1ccc(S(=O)(=O)N(C)C)cc1NC(=O)c1cc2c(s1)CCCCC2. The van der Waals surface area contributed by atoms with E-state index in [1.165, 1.54) is 54.2 Å². The molecule has 152 valence electrons. The molecule has 3 rings (SSSR count). The van der Waals surface area contributed by atoms with Crippen molar-refractivity contribution in [3.05, 3.63) is 39.6 Å². The molecule has 1 aliphatic rings. The first-order chi connectivity index (χ1) is 13.2. The number of anilines is 2. The average molecular weight is 422 g/mol. The zero-order chi connectivity index (χ0) is 20.5. The van der Waals surface area contributed by atoms with E-state index in [4.69, 9.17) is 0 Å². The molecule has 1 heterocycles. The van der Waals surface area contributed by atoms with E-state index in [2.05, 4.69) is 5.32 Å². The van der Waals surface area contributed by atoms with Gasteiger partial charge < -0.3 is 10.2 Å². The van der Waals surface area contributed by atoms with Crippen molar-refractivity contribution < 1.29 is 13.2 Å². The molecular formula is C20H27N3O3S2. The van der Waals surface area contributed by atoms with Crippen LogP contribution in [-0.2, 0) is 22.9 Å². The van der Waals surface area contributed by atoms with Crippen LogP contribution in [-0.4, -0.2) is 46.8 Å². The van der Waals surface area contributed by atoms with E-state index < -0.39 is 10.0 Å². The molecule has 2 aromatic rings. The summed E-state index contributed by atoms with van der Waals surface area (Å²) in [5.41, 5.74) is 2.52. The first kappa shape index (κ1) is 20.8. The molecule has 0 bridgehead atoms. The zero-order valence-corrected chi connectivity index (χ0v) is 18.4. The molecule has 1 aromatic carbocycles. The van der Waals surface area contributed by atoms with Gasteiger partial charge in [0.25, 0.3) is 5.91 Å². The molecule has 0 aliphatic heterocycles. The molecule has 0 fully saturated rings. The van der Waals surface area contributed by atoms with Crippen molar-refractivity contribution in [3.8, 4) is 0 Å². The number of hydrogen-bond donors (Lipinski definition) is 1. The summed E-state index contributed by atoms with van der Waals surface area (Å²) in [7, 11) is 3.12. The van der Waals surface area contributed by atoms with Crippen LogP contribution < -0.4 is 10.2 Å². The number of nitrogens with zero attached hydrogens (tertiary/aromatic N) is 2. The van der Waals surface area contributed by atoms with E-state index in [9.17, 15) is 13.2 Å². The van der Waals surface area contributed by atoms with Crippen LogP contribution in [0.2, 0.25) is 0 Å². The number of hydrogen-bond acceptors (Lipinski definition) is 5. The summed E-state index contributed by atoms with van der Waals surface area (Å²) >= 11 is 1.55. The van der Waals surface area contributed by atoms with Crippen molar-refractivity contribution in [3.63, 3.8) is 0 Å². The summed E-state index contributed by atoms with van der Waals surface area (Å²) < 4.78 is 26.1. The van der Waals surface area contributed by atoms with Gasteiger partial charge >= 0.3 is 0 Å². The van der Waals surface area contributed by atoms with Crippen LogP contribution in [0, 0.1) is 0 Å². The Kier molecular flexibility index (Phi) is 6.12. The Labute approximate surface area is 171 Å². The summed E-state index contributed by atoms with van der Waals surface area (Å²) in [6.45, 7) is 0. The lowest BCUT2D eigenvalue weighted by atomic mass is 10.1. The van der Waals surface area contributed by atoms with Crippen molar-refractivity contribution in [2.45, 2.75) is 37.0 Å². The normalized spacial score (nSPS) is 14.5. The number of rotatable bonds is 5. The zero-order valence-electron chi connectivity index (χ0n) is 16.8. The van der Waals surface area contributed by atoms with Gasteiger partial charge in [-0.2, -0.15) is 0 Å². The minimum Gasteiger partial charge on any atom is -0.376 e. The van der Waals surface area contributed by atoms with Gasteiger partial charge in [0.15, 0.2) is 0 Å². The number of amides is 1. The molecule has 1 aliphatic carbocycles. The Hall–Kier alpha value is -1.90. The lowest BCUT2D eigenvalue weighted by molar-refractivity contribution is 0.103. The Morgan fingerprint density at radius 2 is 1.75 bits per heavy atom. The second-order valence-electron chi connectivity index (χ2n) is 7.43. The molecule has 0 radical (unpaired) electrons. The van der Waals surface area contributed by atoms with Gasteiger partial charge in [0.1, 0.15) is 0 Å². The van der Waals surface area contributed by atoms with Gasteiger partial charge in [-0.3, -0.25) is 4.79 Å². The first-order valence-electron chi connectivity index (χ1n) is 9.37. The second-order valence-corrected chi connectivity index (χ2v) is 10.7. The monoisotopic (exact) mass is 421 g/mol. The lowest BCUT2D eigenvalue weighted by Crippen LogP contribution is -2.23. The molecule has 1 N–H and O–H groups in total. The second kappa shape index (κ2) is 8.23. The number of carbonyl (C=O) groups excluding carboxylic acids is 1. The molecular weight excluding hydrogens is 394 g/mol. The van der Waals surface area contributed by atoms with Crippen LogP contribution in [0.3, 0.4) is 0 Å². The highest BCUT2D eigenvalue weighted by atomic mass is 32.2. The summed E-state index contributed by atoms with van der Waals surface area (Å²) in [4.78, 5) is 16.9. The van der Waals surface area contributed by atoms with E-state index in [0.29, 0.717) is 10.6 Å². The maximum atomic E-state index is 12.9. The molecule has 0 unspecified atom stereocenters. The molecule has 0 spiro atoms. The molecule has 6 nitrogen and oxygen atoms in total. The highest BCUT2D eigenvalue weighted by Crippen LogP contribution is 2.32. The van der Waals surface area contributed by atoms with E-state index in [0.717, 1.165) is 18.5 Å². The smallest absolute Gasteiger partial charge is 0.265 e. The molecule has 0 atom stereocenters. The van der Waals surface area contributed by atoms with Gasteiger partial charge in [-0.15, -0.1) is 11.3 Å². The van der Waals surface area contributed by atoms with Crippen LogP contribution in [0.1, 0.15) is 39.4 Å². The molecule has 1 aromatic heterocycles. The third-order valence-corrected chi connectivity index (χ3v) is 7.99. The van der Waals surface area contributed by atoms with Crippen LogP contribution in [0.25, 0.3) is 0 Å². The van der Waals surface area contributed by atoms with Crippen LogP contribution >= 0.6 is 11.3 Å². The Balaban J connectivity index is 1.93. The number of thiophene rings is 1. The number of fused-ring (bicyclic) bond motifs is 1. The Morgan fingerprint density at radius 3 is 2.43 bits per heavy atom. The highest BCUT2D eigenvalue weighted by molar-refractivity contribution is 7.89. The van der Waals surface area contributed by atoms with Gasteiger partial charge in [0.05, 0.1) is 21.1 Å². The standard InChI is InChI=1S/C20H27N3O3S2/c1-22(2)17-11-10-15(28(25,26)23(3)4)13-16(17)21-20(24)19-12-14-8-6-5-7-9-18(14)27-19/h10-13H,5-9H2,1-4H3,(H,21,24). The Morgan fingerprint density at radius 1 is 1.04 bits per heavy atom. The number of aryl methyl sites for hydroxylation is 2. The van der Waals surface area contributed by atoms with E-state index >= 15 is 0 Å². The molecule has 8 heteroatoms. The number of sulfonamides is 1. The van der Waals surface area contributed by atoms with Gasteiger partial charge in [-0.25, -0.2) is 12.7 Å². The summed E-state index contributed by atoms with van der Waals surface area (Å²) in [6, 6.07) is 6.81. The average Bonchev–Trinajstić information content (AvgIpc) is 2.92. The Bertz CT molecular complexity index is 955. The first-order valence-corrected chi connectivity index (χ1v) is 11.6. The predicted octanol–water partition coefficient (Wildman–Crippen LogP) is 3.59. The molecule has 0 saturated heterocycles. The topological polar surface area (TPSA) is 69.7 Å². The van der Waals surface area contributed by atoms with Gasteiger partial charge in [-0.05, 0) is 55.5 Å². The van der Waals surface area contributed by atoms with Crippen molar-refractivity contribution in [2.24, 2.45) is 0 Å². The summed E-state index contributed by atoms with van der Waals surface area (Å²) in [5.74, 6) is -0.194. The fourth-order valence-electron chi connectivity index (χ4n) is 3.34. The van der Waals surface area contributed by atoms with Gasteiger partial charge in [-0.1, -0.05) is 6.42 Å². The molecule has 0 saturated carbocycles. The quantitative estimate of drug-likeness (QED) is 0.749. The maximum Gasteiger partial charge on any atom is 0.265 e. The third kappa shape index (κ3) is 4.24. The highest BCUT2D eigenvalue weighted by Gasteiger charge is 2.21. The van der Waals surface area contributed by atoms with Crippen LogP contribution in [0.4, 0.5) is 11.4 Å². The summed E-state index contributed by atoms with van der Waals surface area (Å²) in [6.07, 6.45) is 5.64. The molecule has 1 amide bonds. The minimum absolute atomic E-state index is 0.153. The largest absolute Gasteiger partial charge is 0.376 e. The lowest BCUT2D eigenvalue weighted by Gasteiger charge is -2.20. The van der Waals surface area contributed by atoms with Crippen molar-refractivity contribution >= 4 is 38.6 Å². The number of benzene rings is 1.